The Balaban J connectivity index is 1.94. The van der Waals surface area contributed by atoms with Crippen LogP contribution in [0.5, 0.6) is 0 Å². The molecule has 1 aromatic rings. The number of carbonyl (C=O) groups excluding carboxylic acids is 3. The van der Waals surface area contributed by atoms with E-state index >= 15 is 0 Å². The molecule has 2 aliphatic heterocycles. The molecule has 0 fully saturated rings. The van der Waals surface area contributed by atoms with Crippen LogP contribution in [-0.2, 0) is 9.53 Å². The SMILES string of the molecule is CC1=CC(N2C(=O)c3ccccc3C2=O)C(C)OC1CC=O. The minimum Gasteiger partial charge on any atom is -0.368 e. The van der Waals surface area contributed by atoms with E-state index in [0.717, 1.165) is 11.9 Å². The summed E-state index contributed by atoms with van der Waals surface area (Å²) in [4.78, 5) is 37.0. The van der Waals surface area contributed by atoms with Crippen LogP contribution in [0.2, 0.25) is 0 Å². The first-order valence-corrected chi connectivity index (χ1v) is 7.29. The summed E-state index contributed by atoms with van der Waals surface area (Å²) in [5.74, 6) is -0.585. The van der Waals surface area contributed by atoms with Crippen molar-refractivity contribution in [3.8, 4) is 0 Å². The van der Waals surface area contributed by atoms with Gasteiger partial charge in [-0.05, 0) is 31.6 Å². The maximum Gasteiger partial charge on any atom is 0.262 e. The third-order valence-corrected chi connectivity index (χ3v) is 4.24. The number of rotatable bonds is 3. The molecule has 3 unspecified atom stereocenters. The number of benzene rings is 1. The van der Waals surface area contributed by atoms with E-state index in [2.05, 4.69) is 0 Å². The molecule has 22 heavy (non-hydrogen) atoms. The largest absolute Gasteiger partial charge is 0.368 e. The number of hydrogen-bond acceptors (Lipinski definition) is 4. The van der Waals surface area contributed by atoms with Crippen molar-refractivity contribution in [2.24, 2.45) is 0 Å². The van der Waals surface area contributed by atoms with Crippen molar-refractivity contribution < 1.29 is 19.1 Å². The first-order chi connectivity index (χ1) is 10.5. The normalized spacial score (nSPS) is 27.6. The van der Waals surface area contributed by atoms with Crippen molar-refractivity contribution in [1.29, 1.82) is 0 Å². The molecule has 5 nitrogen and oxygen atoms in total. The van der Waals surface area contributed by atoms with Gasteiger partial charge in [0.15, 0.2) is 0 Å². The first kappa shape index (κ1) is 14.7. The van der Waals surface area contributed by atoms with Crippen molar-refractivity contribution in [3.05, 3.63) is 47.0 Å². The molecule has 0 aliphatic carbocycles. The Morgan fingerprint density at radius 1 is 1.18 bits per heavy atom. The fraction of sp³-hybridized carbons (Fsp3) is 0.353. The number of imide groups is 1. The van der Waals surface area contributed by atoms with E-state index in [1.54, 1.807) is 24.3 Å². The molecule has 3 atom stereocenters. The molecular formula is C17H17NO4. The second kappa shape index (κ2) is 5.50. The molecule has 3 rings (SSSR count). The van der Waals surface area contributed by atoms with Gasteiger partial charge in [-0.3, -0.25) is 14.5 Å². The van der Waals surface area contributed by atoms with E-state index in [0.29, 0.717) is 11.1 Å². The Morgan fingerprint density at radius 2 is 1.77 bits per heavy atom. The fourth-order valence-electron chi connectivity index (χ4n) is 3.05. The monoisotopic (exact) mass is 299 g/mol. The fourth-order valence-corrected chi connectivity index (χ4v) is 3.05. The zero-order chi connectivity index (χ0) is 15.9. The molecule has 0 saturated heterocycles. The summed E-state index contributed by atoms with van der Waals surface area (Å²) in [6.45, 7) is 3.67. The number of nitrogens with zero attached hydrogens (tertiary/aromatic N) is 1. The number of amides is 2. The lowest BCUT2D eigenvalue weighted by atomic mass is 9.98. The van der Waals surface area contributed by atoms with Gasteiger partial charge < -0.3 is 9.53 Å². The van der Waals surface area contributed by atoms with Crippen molar-refractivity contribution in [3.63, 3.8) is 0 Å². The van der Waals surface area contributed by atoms with Gasteiger partial charge in [-0.2, -0.15) is 0 Å². The topological polar surface area (TPSA) is 63.7 Å². The molecule has 5 heteroatoms. The standard InChI is InChI=1S/C17H17NO4/c1-10-9-14(11(2)22-15(10)7-8-19)18-16(20)12-5-3-4-6-13(12)17(18)21/h3-6,8-9,11,14-15H,7H2,1-2H3. The van der Waals surface area contributed by atoms with Gasteiger partial charge >= 0.3 is 0 Å². The minimum atomic E-state index is -0.449. The quantitative estimate of drug-likeness (QED) is 0.486. The lowest BCUT2D eigenvalue weighted by molar-refractivity contribution is -0.111. The minimum absolute atomic E-state index is 0.279. The average molecular weight is 299 g/mol. The second-order valence-electron chi connectivity index (χ2n) is 5.66. The van der Waals surface area contributed by atoms with Crippen LogP contribution in [0.3, 0.4) is 0 Å². The number of aldehydes is 1. The summed E-state index contributed by atoms with van der Waals surface area (Å²) in [7, 11) is 0. The number of ether oxygens (including phenoxy) is 1. The van der Waals surface area contributed by atoms with Gasteiger partial charge in [-0.15, -0.1) is 0 Å². The lowest BCUT2D eigenvalue weighted by Crippen LogP contribution is -2.49. The van der Waals surface area contributed by atoms with Gasteiger partial charge in [0.05, 0.1) is 29.4 Å². The Labute approximate surface area is 128 Å². The zero-order valence-corrected chi connectivity index (χ0v) is 12.5. The van der Waals surface area contributed by atoms with E-state index in [1.807, 2.05) is 19.9 Å². The molecule has 0 bridgehead atoms. The van der Waals surface area contributed by atoms with Crippen LogP contribution in [0.15, 0.2) is 35.9 Å². The molecule has 0 radical (unpaired) electrons. The lowest BCUT2D eigenvalue weighted by Gasteiger charge is -2.36. The number of hydrogen-bond donors (Lipinski definition) is 0. The highest BCUT2D eigenvalue weighted by atomic mass is 16.5. The van der Waals surface area contributed by atoms with Gasteiger partial charge in [-0.1, -0.05) is 18.2 Å². The summed E-state index contributed by atoms with van der Waals surface area (Å²) in [5.41, 5.74) is 1.73. The molecule has 1 aromatic carbocycles. The predicted molar refractivity (Wildman–Crippen MR) is 79.5 cm³/mol. The van der Waals surface area contributed by atoms with E-state index in [-0.39, 0.29) is 30.4 Å². The summed E-state index contributed by atoms with van der Waals surface area (Å²) in [5, 5.41) is 0. The van der Waals surface area contributed by atoms with Crippen molar-refractivity contribution >= 4 is 18.1 Å². The van der Waals surface area contributed by atoms with Crippen molar-refractivity contribution in [2.45, 2.75) is 38.5 Å². The highest BCUT2D eigenvalue weighted by Gasteiger charge is 2.43. The van der Waals surface area contributed by atoms with Crippen molar-refractivity contribution in [1.82, 2.24) is 4.90 Å². The van der Waals surface area contributed by atoms with Gasteiger partial charge in [0, 0.05) is 6.42 Å². The zero-order valence-electron chi connectivity index (χ0n) is 12.5. The first-order valence-electron chi connectivity index (χ1n) is 7.29. The highest BCUT2D eigenvalue weighted by molar-refractivity contribution is 6.21. The third-order valence-electron chi connectivity index (χ3n) is 4.24. The van der Waals surface area contributed by atoms with Crippen LogP contribution in [0, 0.1) is 0 Å². The Kier molecular flexibility index (Phi) is 3.66. The van der Waals surface area contributed by atoms with Gasteiger partial charge in [-0.25, -0.2) is 0 Å². The Morgan fingerprint density at radius 3 is 2.32 bits per heavy atom. The molecule has 0 N–H and O–H groups in total. The van der Waals surface area contributed by atoms with Crippen LogP contribution in [0.25, 0.3) is 0 Å². The maximum absolute atomic E-state index is 12.5. The average Bonchev–Trinajstić information content (AvgIpc) is 2.76. The third kappa shape index (κ3) is 2.18. The van der Waals surface area contributed by atoms with Crippen molar-refractivity contribution in [2.75, 3.05) is 0 Å². The molecule has 2 aliphatic rings. The van der Waals surface area contributed by atoms with E-state index in [9.17, 15) is 14.4 Å². The molecule has 0 spiro atoms. The Bertz CT molecular complexity index is 644. The smallest absolute Gasteiger partial charge is 0.262 e. The molecular weight excluding hydrogens is 282 g/mol. The summed E-state index contributed by atoms with van der Waals surface area (Å²) in [6, 6.07) is 6.37. The molecule has 0 saturated carbocycles. The molecule has 2 heterocycles. The molecule has 0 aromatic heterocycles. The van der Waals surface area contributed by atoms with Crippen LogP contribution in [0.4, 0.5) is 0 Å². The van der Waals surface area contributed by atoms with E-state index in [4.69, 9.17) is 4.74 Å². The summed E-state index contributed by atoms with van der Waals surface area (Å²) < 4.78 is 5.81. The van der Waals surface area contributed by atoms with Gasteiger partial charge in [0.25, 0.3) is 11.8 Å². The van der Waals surface area contributed by atoms with Crippen LogP contribution in [0.1, 0.15) is 41.0 Å². The molecule has 114 valence electrons. The molecule has 2 amide bonds. The maximum atomic E-state index is 12.5. The van der Waals surface area contributed by atoms with Crippen LogP contribution >= 0.6 is 0 Å². The second-order valence-corrected chi connectivity index (χ2v) is 5.66. The predicted octanol–water partition coefficient (Wildman–Crippen LogP) is 1.97. The Hall–Kier alpha value is -2.27. The van der Waals surface area contributed by atoms with E-state index < -0.39 is 6.04 Å². The number of fused-ring (bicyclic) bond motifs is 1. The van der Waals surface area contributed by atoms with Gasteiger partial charge in [0.1, 0.15) is 6.29 Å². The highest BCUT2D eigenvalue weighted by Crippen LogP contribution is 2.31. The van der Waals surface area contributed by atoms with Crippen LogP contribution < -0.4 is 0 Å². The van der Waals surface area contributed by atoms with E-state index in [1.165, 1.54) is 4.90 Å². The number of carbonyl (C=O) groups is 3. The van der Waals surface area contributed by atoms with Gasteiger partial charge in [0.2, 0.25) is 0 Å². The van der Waals surface area contributed by atoms with Crippen LogP contribution in [-0.4, -0.2) is 41.3 Å². The summed E-state index contributed by atoms with van der Waals surface area (Å²) in [6.07, 6.45) is 2.33. The summed E-state index contributed by atoms with van der Waals surface area (Å²) >= 11 is 0.